The van der Waals surface area contributed by atoms with E-state index in [1.165, 1.54) is 19.2 Å². The van der Waals surface area contributed by atoms with E-state index >= 15 is 0 Å². The second-order valence-electron chi connectivity index (χ2n) is 8.97. The molecular weight excluding hydrogens is 493 g/mol. The second-order valence-corrected chi connectivity index (χ2v) is 8.97. The molecule has 2 aromatic rings. The first kappa shape index (κ1) is 27.1. The number of benzene rings is 1. The van der Waals surface area contributed by atoms with Gasteiger partial charge in [0.2, 0.25) is 5.91 Å². The number of methoxy groups -OCH3 is 1. The van der Waals surface area contributed by atoms with Gasteiger partial charge in [-0.2, -0.15) is 9.97 Å². The molecule has 1 aromatic heterocycles. The van der Waals surface area contributed by atoms with Crippen molar-refractivity contribution in [3.05, 3.63) is 46.4 Å². The van der Waals surface area contributed by atoms with Crippen LogP contribution in [0.25, 0.3) is 0 Å². The van der Waals surface area contributed by atoms with Crippen molar-refractivity contribution < 1.29 is 36.9 Å². The lowest BCUT2D eigenvalue weighted by molar-refractivity contribution is -0.123. The molecule has 37 heavy (non-hydrogen) atoms. The Kier molecular flexibility index (Phi) is 8.83. The van der Waals surface area contributed by atoms with E-state index in [1.54, 1.807) is 13.8 Å². The highest BCUT2D eigenvalue weighted by Crippen LogP contribution is 2.38. The number of rotatable bonds is 9. The van der Waals surface area contributed by atoms with Crippen molar-refractivity contribution in [2.24, 2.45) is 0 Å². The van der Waals surface area contributed by atoms with E-state index in [2.05, 4.69) is 20.6 Å². The molecule has 2 aliphatic rings. The first-order valence-corrected chi connectivity index (χ1v) is 12.2. The molecule has 4 rings (SSSR count). The molecule has 2 saturated heterocycles. The molecule has 202 valence electrons. The van der Waals surface area contributed by atoms with E-state index in [0.717, 1.165) is 6.07 Å². The molecule has 2 fully saturated rings. The van der Waals surface area contributed by atoms with Crippen molar-refractivity contribution in [1.82, 2.24) is 15.3 Å². The van der Waals surface area contributed by atoms with Crippen LogP contribution in [-0.2, 0) is 19.0 Å². The van der Waals surface area contributed by atoms with E-state index in [9.17, 15) is 18.0 Å². The quantitative estimate of drug-likeness (QED) is 0.504. The fourth-order valence-electron chi connectivity index (χ4n) is 4.40. The van der Waals surface area contributed by atoms with Gasteiger partial charge in [0.1, 0.15) is 11.6 Å². The lowest BCUT2D eigenvalue weighted by Crippen LogP contribution is -2.41. The molecule has 0 saturated carbocycles. The number of alkyl halides is 2. The van der Waals surface area contributed by atoms with Gasteiger partial charge in [0.05, 0.1) is 49.1 Å². The van der Waals surface area contributed by atoms with E-state index < -0.39 is 36.1 Å². The molecule has 1 aromatic carbocycles. The monoisotopic (exact) mass is 524 g/mol. The molecule has 3 heterocycles. The Hall–Kier alpha value is -2.96. The molecule has 0 bridgehead atoms. The maximum atomic E-state index is 14.9. The van der Waals surface area contributed by atoms with E-state index in [4.69, 9.17) is 18.9 Å². The van der Waals surface area contributed by atoms with Crippen molar-refractivity contribution in [3.8, 4) is 6.01 Å². The Morgan fingerprint density at radius 3 is 2.41 bits per heavy atom. The third-order valence-corrected chi connectivity index (χ3v) is 6.48. The zero-order valence-corrected chi connectivity index (χ0v) is 20.9. The number of carbonyl (C=O) groups excluding carboxylic acids is 1. The maximum absolute atomic E-state index is 14.9. The number of hydrogen-bond acceptors (Lipinski definition) is 8. The average molecular weight is 525 g/mol. The van der Waals surface area contributed by atoms with Crippen LogP contribution in [0.4, 0.5) is 19.0 Å². The van der Waals surface area contributed by atoms with E-state index in [-0.39, 0.29) is 29.3 Å². The minimum absolute atomic E-state index is 0.0161. The number of carbonyl (C=O) groups is 1. The molecule has 0 spiro atoms. The summed E-state index contributed by atoms with van der Waals surface area (Å²) in [6, 6.07) is 3.02. The third-order valence-electron chi connectivity index (χ3n) is 6.48. The molecule has 12 heteroatoms. The molecule has 1 amide bonds. The summed E-state index contributed by atoms with van der Waals surface area (Å²) in [6.07, 6.45) is -2.42. The smallest absolute Gasteiger partial charge is 0.318 e. The molecule has 9 nitrogen and oxygen atoms in total. The zero-order chi connectivity index (χ0) is 26.5. The van der Waals surface area contributed by atoms with Gasteiger partial charge in [-0.25, -0.2) is 13.2 Å². The van der Waals surface area contributed by atoms with Gasteiger partial charge in [0.15, 0.2) is 6.29 Å². The van der Waals surface area contributed by atoms with Crippen LogP contribution in [0.2, 0.25) is 0 Å². The number of ether oxygens (including phenoxy) is 4. The molecule has 1 unspecified atom stereocenters. The van der Waals surface area contributed by atoms with Crippen LogP contribution in [0, 0.1) is 5.82 Å². The van der Waals surface area contributed by atoms with Crippen molar-refractivity contribution in [2.75, 3.05) is 38.9 Å². The number of amides is 1. The van der Waals surface area contributed by atoms with Crippen LogP contribution in [0.1, 0.15) is 73.7 Å². The fraction of sp³-hybridized carbons (Fsp3) is 0.560. The fourth-order valence-corrected chi connectivity index (χ4v) is 4.40. The van der Waals surface area contributed by atoms with Gasteiger partial charge in [-0.1, -0.05) is 18.2 Å². The largest absolute Gasteiger partial charge is 0.467 e. The number of nitrogens with zero attached hydrogens (tertiary/aromatic N) is 2. The lowest BCUT2D eigenvalue weighted by Gasteiger charge is -2.27. The van der Waals surface area contributed by atoms with Crippen LogP contribution in [0.3, 0.4) is 0 Å². The van der Waals surface area contributed by atoms with Crippen molar-refractivity contribution in [2.45, 2.75) is 57.4 Å². The number of halogens is 3. The van der Waals surface area contributed by atoms with Crippen LogP contribution in [-0.4, -0.2) is 55.5 Å². The minimum atomic E-state index is -2.95. The predicted molar refractivity (Wildman–Crippen MR) is 127 cm³/mol. The molecule has 0 radical (unpaired) electrons. The average Bonchev–Trinajstić information content (AvgIpc) is 3.42. The Labute approximate surface area is 213 Å². The van der Waals surface area contributed by atoms with Crippen LogP contribution >= 0.6 is 0 Å². The van der Waals surface area contributed by atoms with Crippen molar-refractivity contribution in [1.29, 1.82) is 0 Å². The normalized spacial score (nSPS) is 18.6. The molecule has 0 aliphatic carbocycles. The van der Waals surface area contributed by atoms with Gasteiger partial charge in [-0.05, 0) is 26.7 Å². The van der Waals surface area contributed by atoms with E-state index in [0.29, 0.717) is 50.5 Å². The van der Waals surface area contributed by atoms with Crippen LogP contribution < -0.4 is 15.4 Å². The third kappa shape index (κ3) is 6.13. The molecule has 2 atom stereocenters. The topological polar surface area (TPSA) is 104 Å². The summed E-state index contributed by atoms with van der Waals surface area (Å²) in [7, 11) is 1.38. The van der Waals surface area contributed by atoms with Gasteiger partial charge in [-0.3, -0.25) is 4.79 Å². The Bertz CT molecular complexity index is 1090. The van der Waals surface area contributed by atoms with Gasteiger partial charge in [0, 0.05) is 24.8 Å². The highest BCUT2D eigenvalue weighted by Gasteiger charge is 2.34. The molecule has 2 aliphatic heterocycles. The first-order chi connectivity index (χ1) is 17.8. The summed E-state index contributed by atoms with van der Waals surface area (Å²) >= 11 is 0. The Morgan fingerprint density at radius 2 is 1.76 bits per heavy atom. The predicted octanol–water partition coefficient (Wildman–Crippen LogP) is 4.18. The van der Waals surface area contributed by atoms with Crippen LogP contribution in [0.15, 0.2) is 18.2 Å². The van der Waals surface area contributed by atoms with Gasteiger partial charge in [0.25, 0.3) is 6.43 Å². The first-order valence-electron chi connectivity index (χ1n) is 12.2. The number of hydrogen-bond donors (Lipinski definition) is 2. The Balaban J connectivity index is 1.70. The van der Waals surface area contributed by atoms with E-state index in [1.807, 2.05) is 0 Å². The highest BCUT2D eigenvalue weighted by atomic mass is 19.3. The van der Waals surface area contributed by atoms with Gasteiger partial charge < -0.3 is 29.6 Å². The summed E-state index contributed by atoms with van der Waals surface area (Å²) in [5.74, 6) is -1.80. The minimum Gasteiger partial charge on any atom is -0.467 e. The molecular formula is C25H31F3N4O5. The van der Waals surface area contributed by atoms with Gasteiger partial charge in [-0.15, -0.1) is 0 Å². The van der Waals surface area contributed by atoms with Crippen LogP contribution in [0.5, 0.6) is 6.01 Å². The summed E-state index contributed by atoms with van der Waals surface area (Å²) < 4.78 is 63.5. The molecule has 2 N–H and O–H groups in total. The lowest BCUT2D eigenvalue weighted by atomic mass is 9.98. The number of anilines is 1. The van der Waals surface area contributed by atoms with Gasteiger partial charge >= 0.3 is 6.01 Å². The zero-order valence-electron chi connectivity index (χ0n) is 20.9. The summed E-state index contributed by atoms with van der Waals surface area (Å²) in [5, 5.41) is 6.12. The second kappa shape index (κ2) is 12.1. The van der Waals surface area contributed by atoms with Crippen molar-refractivity contribution >= 4 is 11.7 Å². The summed E-state index contributed by atoms with van der Waals surface area (Å²) in [6.45, 7) is 5.10. The number of nitrogens with one attached hydrogen (secondary N) is 2. The van der Waals surface area contributed by atoms with Crippen molar-refractivity contribution in [3.63, 3.8) is 0 Å². The SMILES string of the molecule is COc1nc(N[C@H](C)c2cccc(C(F)F)c2F)c(C2OCCO2)c(C(C)C(=O)NC2CCOCC2)n1. The number of aromatic nitrogens is 2. The highest BCUT2D eigenvalue weighted by molar-refractivity contribution is 5.84. The standard InChI is InChI=1S/C25H31F3N4O5/c1-13(23(33)30-15-7-9-35-10-8-15)20-18(24-36-11-12-37-24)22(32-25(31-20)34-3)29-14(2)16-5-4-6-17(19(16)26)21(27)28/h4-6,13-15,21,24H,7-12H2,1-3H3,(H,30,33)(H,29,31,32)/t13?,14-/m1/s1. The Morgan fingerprint density at radius 1 is 1.08 bits per heavy atom. The summed E-state index contributed by atoms with van der Waals surface area (Å²) in [4.78, 5) is 22.0. The summed E-state index contributed by atoms with van der Waals surface area (Å²) in [5.41, 5.74) is 0.0275. The maximum Gasteiger partial charge on any atom is 0.318 e.